The molecule has 0 saturated heterocycles. The molecule has 2 aliphatic rings. The first-order valence-electron chi connectivity index (χ1n) is 11.3. The highest BCUT2D eigenvalue weighted by Gasteiger charge is 2.48. The zero-order valence-corrected chi connectivity index (χ0v) is 19.3. The summed E-state index contributed by atoms with van der Waals surface area (Å²) in [6.07, 6.45) is 4.33. The molecule has 168 valence electrons. The topological polar surface area (TPSA) is 54.3 Å². The number of carbonyl (C=O) groups is 2. The van der Waals surface area contributed by atoms with Crippen molar-refractivity contribution in [1.82, 2.24) is 14.8 Å². The van der Waals surface area contributed by atoms with E-state index in [1.54, 1.807) is 34.4 Å². The van der Waals surface area contributed by atoms with E-state index in [-0.39, 0.29) is 30.2 Å². The molecule has 32 heavy (non-hydrogen) atoms. The molecule has 7 heteroatoms. The minimum atomic E-state index is -1.13. The molecule has 1 N–H and O–H groups in total. The molecule has 0 unspecified atom stereocenters. The van der Waals surface area contributed by atoms with E-state index in [2.05, 4.69) is 12.2 Å². The number of nitrogens with one attached hydrogen (secondary N) is 1. The number of carbonyl (C=O) groups excluding carboxylic acids is 2. The van der Waals surface area contributed by atoms with Gasteiger partial charge in [-0.2, -0.15) is 0 Å². The molecule has 3 aromatic rings. The molecule has 1 aliphatic carbocycles. The van der Waals surface area contributed by atoms with Gasteiger partial charge in [-0.25, -0.2) is 4.39 Å². The maximum Gasteiger partial charge on any atom is 0.271 e. The van der Waals surface area contributed by atoms with Gasteiger partial charge >= 0.3 is 0 Å². The summed E-state index contributed by atoms with van der Waals surface area (Å²) in [6, 6.07) is 10.4. The van der Waals surface area contributed by atoms with Gasteiger partial charge in [0.15, 0.2) is 0 Å². The van der Waals surface area contributed by atoms with E-state index in [1.165, 1.54) is 12.5 Å². The first kappa shape index (κ1) is 21.2. The van der Waals surface area contributed by atoms with Crippen LogP contribution in [0.25, 0.3) is 10.2 Å². The standard InChI is InChI=1S/C25H28FN3O2S/c1-16-7-3-6-10-19(16)27-24(31)25(2)15-28-20-11-12-32-22(20)13-21(28)23(30)29(25)14-17-8-4-5-9-18(17)26/h4-5,8-9,11-13,16,19H,3,6-7,10,14-15H2,1-2H3,(H,27,31)/t16-,19-,25+/m1/s1. The molecule has 3 heterocycles. The second-order valence-corrected chi connectivity index (χ2v) is 10.3. The Bertz CT molecular complexity index is 1190. The molecule has 5 nitrogen and oxygen atoms in total. The van der Waals surface area contributed by atoms with Crippen molar-refractivity contribution < 1.29 is 14.0 Å². The minimum Gasteiger partial charge on any atom is -0.351 e. The van der Waals surface area contributed by atoms with Gasteiger partial charge in [0.2, 0.25) is 5.91 Å². The molecule has 1 aliphatic heterocycles. The van der Waals surface area contributed by atoms with Crippen LogP contribution in [-0.2, 0) is 17.9 Å². The molecular formula is C25H28FN3O2S. The van der Waals surface area contributed by atoms with E-state index in [9.17, 15) is 14.0 Å². The Morgan fingerprint density at radius 2 is 2.03 bits per heavy atom. The zero-order valence-electron chi connectivity index (χ0n) is 18.4. The third-order valence-electron chi connectivity index (χ3n) is 7.25. The van der Waals surface area contributed by atoms with Crippen LogP contribution in [-0.4, -0.2) is 32.9 Å². The Morgan fingerprint density at radius 3 is 2.81 bits per heavy atom. The summed E-state index contributed by atoms with van der Waals surface area (Å²) in [5.74, 6) is -0.367. The second kappa shape index (κ2) is 8.03. The fraction of sp³-hybridized carbons (Fsp3) is 0.440. The number of fused-ring (bicyclic) bond motifs is 3. The van der Waals surface area contributed by atoms with Crippen LogP contribution in [0.2, 0.25) is 0 Å². The third-order valence-corrected chi connectivity index (χ3v) is 8.11. The normalized spacial score (nSPS) is 25.7. The van der Waals surface area contributed by atoms with Crippen molar-refractivity contribution in [2.24, 2.45) is 5.92 Å². The number of amides is 2. The van der Waals surface area contributed by atoms with E-state index < -0.39 is 5.54 Å². The number of thiophene rings is 1. The Kier molecular flexibility index (Phi) is 5.32. The van der Waals surface area contributed by atoms with Crippen molar-refractivity contribution in [2.45, 2.75) is 64.2 Å². The van der Waals surface area contributed by atoms with E-state index >= 15 is 0 Å². The quantitative estimate of drug-likeness (QED) is 0.608. The largest absolute Gasteiger partial charge is 0.351 e. The monoisotopic (exact) mass is 453 g/mol. The van der Waals surface area contributed by atoms with E-state index in [4.69, 9.17) is 0 Å². The van der Waals surface area contributed by atoms with E-state index in [1.807, 2.05) is 29.0 Å². The second-order valence-electron chi connectivity index (χ2n) is 9.38. The number of rotatable bonds is 4. The average molecular weight is 454 g/mol. The number of halogens is 1. The van der Waals surface area contributed by atoms with Crippen molar-refractivity contribution in [3.8, 4) is 0 Å². The van der Waals surface area contributed by atoms with Gasteiger partial charge in [-0.1, -0.05) is 38.0 Å². The predicted octanol–water partition coefficient (Wildman–Crippen LogP) is 4.95. The molecule has 0 radical (unpaired) electrons. The van der Waals surface area contributed by atoms with Crippen molar-refractivity contribution in [1.29, 1.82) is 0 Å². The highest BCUT2D eigenvalue weighted by molar-refractivity contribution is 7.17. The number of hydrogen-bond acceptors (Lipinski definition) is 3. The van der Waals surface area contributed by atoms with Gasteiger partial charge in [-0.3, -0.25) is 9.59 Å². The van der Waals surface area contributed by atoms with Gasteiger partial charge in [-0.05, 0) is 49.3 Å². The molecule has 3 atom stereocenters. The molecule has 0 bridgehead atoms. The average Bonchev–Trinajstić information content (AvgIpc) is 3.36. The molecule has 1 aromatic carbocycles. The Morgan fingerprint density at radius 1 is 1.25 bits per heavy atom. The first-order valence-corrected chi connectivity index (χ1v) is 12.2. The lowest BCUT2D eigenvalue weighted by Gasteiger charge is -2.45. The van der Waals surface area contributed by atoms with Gasteiger partial charge in [0.1, 0.15) is 17.1 Å². The fourth-order valence-corrected chi connectivity index (χ4v) is 5.99. The molecule has 2 amide bonds. The third kappa shape index (κ3) is 3.43. The SMILES string of the molecule is C[C@@H]1CCCC[C@H]1NC(=O)[C@]1(C)Cn2c(cc3sccc32)C(=O)N1Cc1ccccc1F. The van der Waals surface area contributed by atoms with Crippen LogP contribution in [0.3, 0.4) is 0 Å². The van der Waals surface area contributed by atoms with Gasteiger partial charge in [-0.15, -0.1) is 11.3 Å². The predicted molar refractivity (Wildman–Crippen MR) is 124 cm³/mol. The lowest BCUT2D eigenvalue weighted by Crippen LogP contribution is -2.65. The van der Waals surface area contributed by atoms with Crippen LogP contribution in [0.15, 0.2) is 41.8 Å². The van der Waals surface area contributed by atoms with Crippen molar-refractivity contribution in [3.05, 3.63) is 58.9 Å². The molecule has 5 rings (SSSR count). The highest BCUT2D eigenvalue weighted by atomic mass is 32.1. The van der Waals surface area contributed by atoms with Crippen LogP contribution in [0, 0.1) is 11.7 Å². The fourth-order valence-electron chi connectivity index (χ4n) is 5.17. The summed E-state index contributed by atoms with van der Waals surface area (Å²) >= 11 is 1.58. The van der Waals surface area contributed by atoms with Gasteiger partial charge in [0.05, 0.1) is 23.3 Å². The smallest absolute Gasteiger partial charge is 0.271 e. The van der Waals surface area contributed by atoms with Crippen molar-refractivity contribution in [2.75, 3.05) is 0 Å². The Labute approximate surface area is 191 Å². The van der Waals surface area contributed by atoms with Crippen molar-refractivity contribution >= 4 is 33.4 Å². The van der Waals surface area contributed by atoms with Crippen LogP contribution >= 0.6 is 11.3 Å². The molecule has 1 saturated carbocycles. The molecular weight excluding hydrogens is 425 g/mol. The molecule has 2 aromatic heterocycles. The van der Waals surface area contributed by atoms with Crippen LogP contribution in [0.5, 0.6) is 0 Å². The van der Waals surface area contributed by atoms with Gasteiger partial charge in [0, 0.05) is 11.6 Å². The maximum absolute atomic E-state index is 14.5. The summed E-state index contributed by atoms with van der Waals surface area (Å²) in [6.45, 7) is 4.38. The minimum absolute atomic E-state index is 0.0501. The lowest BCUT2D eigenvalue weighted by atomic mass is 9.85. The molecule has 1 fully saturated rings. The van der Waals surface area contributed by atoms with Crippen molar-refractivity contribution in [3.63, 3.8) is 0 Å². The number of benzene rings is 1. The van der Waals surface area contributed by atoms with Gasteiger partial charge in [0.25, 0.3) is 5.91 Å². The van der Waals surface area contributed by atoms with Gasteiger partial charge < -0.3 is 14.8 Å². The first-order chi connectivity index (χ1) is 15.4. The zero-order chi connectivity index (χ0) is 22.5. The Balaban J connectivity index is 1.54. The van der Waals surface area contributed by atoms with E-state index in [0.717, 1.165) is 29.5 Å². The lowest BCUT2D eigenvalue weighted by molar-refractivity contribution is -0.134. The summed E-state index contributed by atoms with van der Waals surface area (Å²) in [7, 11) is 0. The summed E-state index contributed by atoms with van der Waals surface area (Å²) in [4.78, 5) is 29.0. The summed E-state index contributed by atoms with van der Waals surface area (Å²) in [5, 5.41) is 5.25. The number of aromatic nitrogens is 1. The van der Waals surface area contributed by atoms with Crippen LogP contribution in [0.4, 0.5) is 4.39 Å². The summed E-state index contributed by atoms with van der Waals surface area (Å²) in [5.41, 5.74) is 0.804. The van der Waals surface area contributed by atoms with Crippen LogP contribution in [0.1, 0.15) is 55.6 Å². The molecule has 0 spiro atoms. The summed E-state index contributed by atoms with van der Waals surface area (Å²) < 4.78 is 17.5. The number of hydrogen-bond donors (Lipinski definition) is 1. The highest BCUT2D eigenvalue weighted by Crippen LogP contribution is 2.36. The Hall–Kier alpha value is -2.67. The van der Waals surface area contributed by atoms with E-state index in [0.29, 0.717) is 23.7 Å². The number of nitrogens with zero attached hydrogens (tertiary/aromatic N) is 2. The van der Waals surface area contributed by atoms with Crippen LogP contribution < -0.4 is 5.32 Å². The maximum atomic E-state index is 14.5.